The van der Waals surface area contributed by atoms with Crippen molar-refractivity contribution >= 4 is 29.7 Å². The zero-order valence-corrected chi connectivity index (χ0v) is 20.6. The van der Waals surface area contributed by atoms with Crippen molar-refractivity contribution in [2.75, 3.05) is 13.1 Å². The van der Waals surface area contributed by atoms with E-state index in [0.29, 0.717) is 22.2 Å². The van der Waals surface area contributed by atoms with E-state index in [2.05, 4.69) is 52.5 Å². The first kappa shape index (κ1) is 23.7. The summed E-state index contributed by atoms with van der Waals surface area (Å²) < 4.78 is 2.11. The number of benzene rings is 2. The Morgan fingerprint density at radius 2 is 1.79 bits per heavy atom. The molecule has 1 amide bonds. The van der Waals surface area contributed by atoms with Gasteiger partial charge in [0.2, 0.25) is 5.91 Å². The van der Waals surface area contributed by atoms with Crippen LogP contribution in [0.1, 0.15) is 31.4 Å². The molecule has 2 heterocycles. The first-order valence-corrected chi connectivity index (χ1v) is 12.1. The van der Waals surface area contributed by atoms with E-state index in [-0.39, 0.29) is 12.5 Å². The lowest BCUT2D eigenvalue weighted by atomic mass is 9.91. The number of halogens is 1. The van der Waals surface area contributed by atoms with Gasteiger partial charge in [-0.3, -0.25) is 19.4 Å². The largest absolute Gasteiger partial charge is 0.350 e. The molecule has 174 valence electrons. The zero-order valence-electron chi connectivity index (χ0n) is 19.1. The molecular weight excluding hydrogens is 454 g/mol. The van der Waals surface area contributed by atoms with Gasteiger partial charge >= 0.3 is 0 Å². The van der Waals surface area contributed by atoms with Gasteiger partial charge in [0.1, 0.15) is 6.54 Å². The Morgan fingerprint density at radius 1 is 1.12 bits per heavy atom. The molecule has 0 spiro atoms. The maximum absolute atomic E-state index is 12.8. The summed E-state index contributed by atoms with van der Waals surface area (Å²) in [7, 11) is 0. The molecular formula is C25H30ClN5OS. The number of rotatable bonds is 7. The predicted molar refractivity (Wildman–Crippen MR) is 134 cm³/mol. The highest BCUT2D eigenvalue weighted by Crippen LogP contribution is 2.24. The van der Waals surface area contributed by atoms with Crippen LogP contribution < -0.4 is 5.32 Å². The van der Waals surface area contributed by atoms with Crippen molar-refractivity contribution in [2.24, 2.45) is 11.8 Å². The van der Waals surface area contributed by atoms with E-state index in [1.54, 1.807) is 16.7 Å². The van der Waals surface area contributed by atoms with Crippen molar-refractivity contribution in [3.8, 4) is 11.4 Å². The fourth-order valence-electron chi connectivity index (χ4n) is 4.72. The number of nitrogens with one attached hydrogen (secondary N) is 2. The first-order chi connectivity index (χ1) is 15.9. The van der Waals surface area contributed by atoms with Crippen molar-refractivity contribution in [2.45, 2.75) is 39.9 Å². The van der Waals surface area contributed by atoms with Crippen LogP contribution in [0.3, 0.4) is 0 Å². The van der Waals surface area contributed by atoms with Crippen LogP contribution in [0.4, 0.5) is 0 Å². The highest BCUT2D eigenvalue weighted by Gasteiger charge is 2.22. The molecule has 0 saturated carbocycles. The molecule has 2 N–H and O–H groups in total. The standard InChI is InChI=1S/C25H30ClN5OS/c1-17-11-18(2)14-30(13-17)15-21-6-4-3-5-20(21)12-27-23(32)16-31-24(28-29-25(31)33)19-7-9-22(26)10-8-19/h3-10,17-18H,11-16H2,1-2H3,(H,27,32)(H,29,33). The number of aromatic nitrogens is 3. The summed E-state index contributed by atoms with van der Waals surface area (Å²) in [4.78, 5) is 15.3. The molecule has 0 bridgehead atoms. The molecule has 0 aliphatic carbocycles. The molecule has 6 nitrogen and oxygen atoms in total. The smallest absolute Gasteiger partial charge is 0.240 e. The summed E-state index contributed by atoms with van der Waals surface area (Å²) in [6.07, 6.45) is 1.29. The third-order valence-corrected chi connectivity index (χ3v) is 6.66. The lowest BCUT2D eigenvalue weighted by Crippen LogP contribution is -2.38. The second-order valence-electron chi connectivity index (χ2n) is 9.13. The van der Waals surface area contributed by atoms with Crippen LogP contribution in [0.2, 0.25) is 5.02 Å². The Balaban J connectivity index is 1.41. The molecule has 1 aliphatic heterocycles. The number of likely N-dealkylation sites (tertiary alicyclic amines) is 1. The molecule has 1 saturated heterocycles. The Hall–Kier alpha value is -2.48. The molecule has 1 aromatic heterocycles. The summed E-state index contributed by atoms with van der Waals surface area (Å²) in [6.45, 7) is 8.39. The molecule has 1 fully saturated rings. The number of carbonyl (C=O) groups is 1. The molecule has 4 rings (SSSR count). The second-order valence-corrected chi connectivity index (χ2v) is 9.95. The average molecular weight is 484 g/mol. The second kappa shape index (κ2) is 10.6. The predicted octanol–water partition coefficient (Wildman–Crippen LogP) is 5.06. The van der Waals surface area contributed by atoms with Crippen LogP contribution >= 0.6 is 23.8 Å². The van der Waals surface area contributed by atoms with Crippen molar-refractivity contribution in [1.82, 2.24) is 25.0 Å². The highest BCUT2D eigenvalue weighted by atomic mass is 35.5. The Kier molecular flexibility index (Phi) is 7.63. The molecule has 1 aliphatic rings. The molecule has 2 aromatic carbocycles. The maximum atomic E-state index is 12.8. The molecule has 2 atom stereocenters. The SMILES string of the molecule is CC1CC(C)CN(Cc2ccccc2CNC(=O)Cn2c(-c3ccc(Cl)cc3)n[nH]c2=S)C1. The number of piperidine rings is 1. The van der Waals surface area contributed by atoms with Crippen molar-refractivity contribution in [1.29, 1.82) is 0 Å². The number of nitrogens with zero attached hydrogens (tertiary/aromatic N) is 3. The van der Waals surface area contributed by atoms with E-state index in [4.69, 9.17) is 23.8 Å². The fourth-order valence-corrected chi connectivity index (χ4v) is 5.05. The molecule has 0 radical (unpaired) electrons. The van der Waals surface area contributed by atoms with Gasteiger partial charge in [-0.25, -0.2) is 0 Å². The van der Waals surface area contributed by atoms with Gasteiger partial charge in [-0.1, -0.05) is 49.7 Å². The maximum Gasteiger partial charge on any atom is 0.240 e. The van der Waals surface area contributed by atoms with Gasteiger partial charge in [-0.2, -0.15) is 5.10 Å². The van der Waals surface area contributed by atoms with Crippen LogP contribution in [-0.4, -0.2) is 38.7 Å². The average Bonchev–Trinajstić information content (AvgIpc) is 3.13. The number of carbonyl (C=O) groups excluding carboxylic acids is 1. The third-order valence-electron chi connectivity index (χ3n) is 6.10. The van der Waals surface area contributed by atoms with Gasteiger partial charge in [0.25, 0.3) is 0 Å². The number of H-pyrrole nitrogens is 1. The number of hydrogen-bond acceptors (Lipinski definition) is 4. The zero-order chi connectivity index (χ0) is 23.4. The van der Waals surface area contributed by atoms with Gasteiger partial charge < -0.3 is 5.32 Å². The highest BCUT2D eigenvalue weighted by molar-refractivity contribution is 7.71. The van der Waals surface area contributed by atoms with Crippen molar-refractivity contribution in [3.05, 3.63) is 69.5 Å². The van der Waals surface area contributed by atoms with Crippen LogP contribution in [0.15, 0.2) is 48.5 Å². The minimum Gasteiger partial charge on any atom is -0.350 e. The van der Waals surface area contributed by atoms with Gasteiger partial charge in [0.05, 0.1) is 0 Å². The quantitative estimate of drug-likeness (QED) is 0.461. The number of hydrogen-bond donors (Lipinski definition) is 2. The van der Waals surface area contributed by atoms with Crippen molar-refractivity contribution in [3.63, 3.8) is 0 Å². The molecule has 2 unspecified atom stereocenters. The Bertz CT molecular complexity index is 1150. The van der Waals surface area contributed by atoms with Crippen LogP contribution in [0, 0.1) is 16.6 Å². The summed E-state index contributed by atoms with van der Waals surface area (Å²) in [5.74, 6) is 1.93. The van der Waals surface area contributed by atoms with E-state index in [0.717, 1.165) is 42.6 Å². The molecule has 3 aromatic rings. The van der Waals surface area contributed by atoms with Gasteiger partial charge in [-0.05, 0) is 65.9 Å². The summed E-state index contributed by atoms with van der Waals surface area (Å²) >= 11 is 11.4. The van der Waals surface area contributed by atoms with Crippen LogP contribution in [0.25, 0.3) is 11.4 Å². The summed E-state index contributed by atoms with van der Waals surface area (Å²) in [6, 6.07) is 15.7. The van der Waals surface area contributed by atoms with Gasteiger partial charge in [0.15, 0.2) is 10.6 Å². The van der Waals surface area contributed by atoms with E-state index >= 15 is 0 Å². The molecule has 33 heavy (non-hydrogen) atoms. The first-order valence-electron chi connectivity index (χ1n) is 11.4. The van der Waals surface area contributed by atoms with E-state index in [9.17, 15) is 4.79 Å². The van der Waals surface area contributed by atoms with Crippen LogP contribution in [-0.2, 0) is 24.4 Å². The molecule has 8 heteroatoms. The summed E-state index contributed by atoms with van der Waals surface area (Å²) in [5, 5.41) is 10.8. The monoisotopic (exact) mass is 483 g/mol. The van der Waals surface area contributed by atoms with Gasteiger partial charge in [0, 0.05) is 36.8 Å². The van der Waals surface area contributed by atoms with E-state index < -0.39 is 0 Å². The topological polar surface area (TPSA) is 66.0 Å². The lowest BCUT2D eigenvalue weighted by molar-refractivity contribution is -0.121. The normalized spacial score (nSPS) is 18.9. The van der Waals surface area contributed by atoms with E-state index in [1.165, 1.54) is 12.0 Å². The Morgan fingerprint density at radius 3 is 2.48 bits per heavy atom. The minimum atomic E-state index is -0.113. The van der Waals surface area contributed by atoms with E-state index in [1.807, 2.05) is 18.2 Å². The minimum absolute atomic E-state index is 0.0939. The van der Waals surface area contributed by atoms with Crippen molar-refractivity contribution < 1.29 is 4.79 Å². The lowest BCUT2D eigenvalue weighted by Gasteiger charge is -2.35. The summed E-state index contributed by atoms with van der Waals surface area (Å²) in [5.41, 5.74) is 3.25. The van der Waals surface area contributed by atoms with Gasteiger partial charge in [-0.15, -0.1) is 0 Å². The Labute approximate surface area is 205 Å². The van der Waals surface area contributed by atoms with Crippen LogP contribution in [0.5, 0.6) is 0 Å². The third kappa shape index (κ3) is 6.10. The number of aromatic amines is 1. The number of amides is 1. The fraction of sp³-hybridized carbons (Fsp3) is 0.400.